The molecule has 1 aliphatic carbocycles. The first-order valence-corrected chi connectivity index (χ1v) is 5.13. The van der Waals surface area contributed by atoms with Crippen LogP contribution in [0.15, 0.2) is 0 Å². The zero-order chi connectivity index (χ0) is 10.3. The number of rotatable bonds is 2. The van der Waals surface area contributed by atoms with E-state index in [4.69, 9.17) is 5.11 Å². The summed E-state index contributed by atoms with van der Waals surface area (Å²) >= 11 is 0. The number of aliphatic hydroxyl groups is 1. The van der Waals surface area contributed by atoms with Gasteiger partial charge in [-0.3, -0.25) is 14.5 Å². The second-order valence-corrected chi connectivity index (χ2v) is 4.28. The Kier molecular flexibility index (Phi) is 2.31. The molecule has 0 aromatic heterocycles. The van der Waals surface area contributed by atoms with E-state index < -0.39 is 0 Å². The molecule has 1 heterocycles. The number of amides is 2. The van der Waals surface area contributed by atoms with Crippen molar-refractivity contribution < 1.29 is 14.7 Å². The lowest BCUT2D eigenvalue weighted by Gasteiger charge is -2.33. The highest BCUT2D eigenvalue weighted by Crippen LogP contribution is 2.38. The van der Waals surface area contributed by atoms with Gasteiger partial charge in [-0.25, -0.2) is 0 Å². The minimum atomic E-state index is -0.363. The van der Waals surface area contributed by atoms with Crippen molar-refractivity contribution in [2.75, 3.05) is 6.61 Å². The quantitative estimate of drug-likeness (QED) is 0.641. The van der Waals surface area contributed by atoms with Crippen LogP contribution >= 0.6 is 0 Å². The van der Waals surface area contributed by atoms with Gasteiger partial charge in [-0.1, -0.05) is 0 Å². The van der Waals surface area contributed by atoms with Gasteiger partial charge in [-0.2, -0.15) is 0 Å². The zero-order valence-electron chi connectivity index (χ0n) is 8.27. The molecule has 0 spiro atoms. The summed E-state index contributed by atoms with van der Waals surface area (Å²) in [6.45, 7) is 1.57. The van der Waals surface area contributed by atoms with E-state index in [0.29, 0.717) is 0 Å². The number of fused-ring (bicyclic) bond motifs is 2. The molecular weight excluding hydrogens is 182 g/mol. The zero-order valence-corrected chi connectivity index (χ0v) is 8.27. The summed E-state index contributed by atoms with van der Waals surface area (Å²) in [5.41, 5.74) is 0. The molecule has 2 aliphatic rings. The average molecular weight is 197 g/mol. The molecule has 0 aromatic rings. The molecule has 14 heavy (non-hydrogen) atoms. The average Bonchev–Trinajstić information content (AvgIpc) is 2.61. The normalized spacial score (nSPS) is 33.7. The Hall–Kier alpha value is -0.900. The third-order valence-electron chi connectivity index (χ3n) is 3.31. The number of carbonyl (C=O) groups excluding carboxylic acids is 2. The molecule has 1 N–H and O–H groups in total. The van der Waals surface area contributed by atoms with E-state index in [1.165, 1.54) is 4.90 Å². The molecule has 4 heteroatoms. The van der Waals surface area contributed by atoms with Crippen molar-refractivity contribution >= 4 is 11.8 Å². The van der Waals surface area contributed by atoms with E-state index in [1.807, 2.05) is 0 Å². The Labute approximate surface area is 82.9 Å². The minimum absolute atomic E-state index is 0.0340. The highest BCUT2D eigenvalue weighted by atomic mass is 16.3. The number of carbonyl (C=O) groups is 2. The smallest absolute Gasteiger partial charge is 0.232 e. The second-order valence-electron chi connectivity index (χ2n) is 4.28. The summed E-state index contributed by atoms with van der Waals surface area (Å²) < 4.78 is 0. The van der Waals surface area contributed by atoms with Gasteiger partial charge in [0.1, 0.15) is 0 Å². The Morgan fingerprint density at radius 3 is 2.29 bits per heavy atom. The lowest BCUT2D eigenvalue weighted by molar-refractivity contribution is -0.156. The fourth-order valence-electron chi connectivity index (χ4n) is 2.45. The standard InChI is InChI=1S/C10H15NO3/c1-6(5-12)11-9(13)7-2-3-8(4-7)10(11)14/h6-8,12H,2-5H2,1H3. The lowest BCUT2D eigenvalue weighted by atomic mass is 9.96. The predicted molar refractivity (Wildman–Crippen MR) is 49.2 cm³/mol. The maximum absolute atomic E-state index is 11.8. The van der Waals surface area contributed by atoms with Gasteiger partial charge in [-0.05, 0) is 26.2 Å². The first-order chi connectivity index (χ1) is 6.65. The van der Waals surface area contributed by atoms with Crippen molar-refractivity contribution in [2.45, 2.75) is 32.2 Å². The van der Waals surface area contributed by atoms with Gasteiger partial charge >= 0.3 is 0 Å². The summed E-state index contributed by atoms with van der Waals surface area (Å²) in [7, 11) is 0. The maximum atomic E-state index is 11.8. The topological polar surface area (TPSA) is 57.6 Å². The highest BCUT2D eigenvalue weighted by molar-refractivity contribution is 6.01. The molecule has 78 valence electrons. The first-order valence-electron chi connectivity index (χ1n) is 5.13. The van der Waals surface area contributed by atoms with E-state index in [0.717, 1.165) is 19.3 Å². The number of likely N-dealkylation sites (tertiary alicyclic amines) is 1. The molecular formula is C10H15NO3. The molecule has 1 saturated heterocycles. The fourth-order valence-corrected chi connectivity index (χ4v) is 2.45. The van der Waals surface area contributed by atoms with Crippen LogP contribution in [-0.2, 0) is 9.59 Å². The molecule has 1 saturated carbocycles. The summed E-state index contributed by atoms with van der Waals surface area (Å²) in [5, 5.41) is 8.97. The maximum Gasteiger partial charge on any atom is 0.232 e. The molecule has 2 fully saturated rings. The molecule has 2 rings (SSSR count). The number of hydrogen-bond donors (Lipinski definition) is 1. The SMILES string of the molecule is CC(CO)N1C(=O)C2CCC(C2)C1=O. The van der Waals surface area contributed by atoms with Crippen LogP contribution < -0.4 is 0 Å². The van der Waals surface area contributed by atoms with Crippen molar-refractivity contribution in [3.63, 3.8) is 0 Å². The first kappa shape index (κ1) is 9.65. The molecule has 1 aliphatic heterocycles. The largest absolute Gasteiger partial charge is 0.394 e. The summed E-state index contributed by atoms with van der Waals surface area (Å²) in [6.07, 6.45) is 2.40. The monoisotopic (exact) mass is 197 g/mol. The summed E-state index contributed by atoms with van der Waals surface area (Å²) in [6, 6.07) is -0.363. The molecule has 2 bridgehead atoms. The molecule has 4 nitrogen and oxygen atoms in total. The number of hydrogen-bond acceptors (Lipinski definition) is 3. The molecule has 3 atom stereocenters. The molecule has 3 unspecified atom stereocenters. The predicted octanol–water partition coefficient (Wildman–Crippen LogP) is 0.152. The van der Waals surface area contributed by atoms with Crippen LogP contribution in [0.2, 0.25) is 0 Å². The third-order valence-corrected chi connectivity index (χ3v) is 3.31. The summed E-state index contributed by atoms with van der Waals surface area (Å²) in [5.74, 6) is -0.0889. The Bertz CT molecular complexity index is 255. The lowest BCUT2D eigenvalue weighted by Crippen LogP contribution is -2.51. The van der Waals surface area contributed by atoms with Crippen LogP contribution in [0, 0.1) is 11.8 Å². The van der Waals surface area contributed by atoms with Crippen LogP contribution in [-0.4, -0.2) is 34.5 Å². The van der Waals surface area contributed by atoms with Crippen molar-refractivity contribution in [3.05, 3.63) is 0 Å². The fraction of sp³-hybridized carbons (Fsp3) is 0.800. The van der Waals surface area contributed by atoms with Crippen LogP contribution in [0.5, 0.6) is 0 Å². The molecule has 0 radical (unpaired) electrons. The van der Waals surface area contributed by atoms with Gasteiger partial charge in [0.2, 0.25) is 11.8 Å². The van der Waals surface area contributed by atoms with Crippen molar-refractivity contribution in [1.82, 2.24) is 4.90 Å². The Morgan fingerprint density at radius 2 is 1.86 bits per heavy atom. The Morgan fingerprint density at radius 1 is 1.36 bits per heavy atom. The second kappa shape index (κ2) is 3.35. The van der Waals surface area contributed by atoms with E-state index in [2.05, 4.69) is 0 Å². The van der Waals surface area contributed by atoms with E-state index in [1.54, 1.807) is 6.92 Å². The molecule has 0 aromatic carbocycles. The van der Waals surface area contributed by atoms with Gasteiger partial charge in [0.15, 0.2) is 0 Å². The highest BCUT2D eigenvalue weighted by Gasteiger charge is 2.46. The number of piperidine rings is 1. The van der Waals surface area contributed by atoms with Gasteiger partial charge in [0.25, 0.3) is 0 Å². The van der Waals surface area contributed by atoms with Crippen LogP contribution in [0.4, 0.5) is 0 Å². The van der Waals surface area contributed by atoms with Crippen molar-refractivity contribution in [2.24, 2.45) is 11.8 Å². The van der Waals surface area contributed by atoms with Crippen LogP contribution in [0.3, 0.4) is 0 Å². The van der Waals surface area contributed by atoms with E-state index >= 15 is 0 Å². The number of nitrogens with zero attached hydrogens (tertiary/aromatic N) is 1. The Balaban J connectivity index is 2.23. The van der Waals surface area contributed by atoms with Gasteiger partial charge in [0.05, 0.1) is 12.6 Å². The number of imide groups is 1. The minimum Gasteiger partial charge on any atom is -0.394 e. The van der Waals surface area contributed by atoms with Gasteiger partial charge < -0.3 is 5.11 Å². The van der Waals surface area contributed by atoms with E-state index in [-0.39, 0.29) is 36.3 Å². The van der Waals surface area contributed by atoms with E-state index in [9.17, 15) is 9.59 Å². The van der Waals surface area contributed by atoms with Crippen molar-refractivity contribution in [1.29, 1.82) is 0 Å². The van der Waals surface area contributed by atoms with Gasteiger partial charge in [0, 0.05) is 11.8 Å². The van der Waals surface area contributed by atoms with Crippen molar-refractivity contribution in [3.8, 4) is 0 Å². The summed E-state index contributed by atoms with van der Waals surface area (Å²) in [4.78, 5) is 24.8. The third kappa shape index (κ3) is 1.25. The molecule has 2 amide bonds. The number of aliphatic hydroxyl groups excluding tert-OH is 1. The van der Waals surface area contributed by atoms with Gasteiger partial charge in [-0.15, -0.1) is 0 Å². The van der Waals surface area contributed by atoms with Crippen LogP contribution in [0.25, 0.3) is 0 Å². The van der Waals surface area contributed by atoms with Crippen LogP contribution in [0.1, 0.15) is 26.2 Å².